The smallest absolute Gasteiger partial charge is 0.331 e. The Morgan fingerprint density at radius 3 is 2.42 bits per heavy atom. The topological polar surface area (TPSA) is 174 Å². The Bertz CT molecular complexity index is 1230. The number of cyclic esters (lactones) is 1. The molecule has 6 fully saturated rings. The van der Waals surface area contributed by atoms with Gasteiger partial charge in [-0.3, -0.25) is 0 Å². The first kappa shape index (κ1) is 35.2. The van der Waals surface area contributed by atoms with Crippen molar-refractivity contribution >= 4 is 5.97 Å². The monoisotopic (exact) mass is 680 g/mol. The zero-order valence-electron chi connectivity index (χ0n) is 28.7. The van der Waals surface area contributed by atoms with Crippen molar-refractivity contribution in [2.75, 3.05) is 20.3 Å². The van der Waals surface area contributed by atoms with E-state index in [0.29, 0.717) is 24.9 Å². The first-order valence-corrected chi connectivity index (χ1v) is 18.2. The predicted molar refractivity (Wildman–Crippen MR) is 169 cm³/mol. The quantitative estimate of drug-likeness (QED) is 0.196. The first-order valence-electron chi connectivity index (χ1n) is 18.2. The molecule has 272 valence electrons. The fourth-order valence-corrected chi connectivity index (χ4v) is 11.6. The highest BCUT2D eigenvalue weighted by molar-refractivity contribution is 5.85. The van der Waals surface area contributed by atoms with Crippen LogP contribution in [0.2, 0.25) is 0 Å². The van der Waals surface area contributed by atoms with Gasteiger partial charge in [-0.15, -0.1) is 0 Å². The summed E-state index contributed by atoms with van der Waals surface area (Å²) in [5.74, 6) is 1.14. The van der Waals surface area contributed by atoms with Crippen LogP contribution in [0.4, 0.5) is 0 Å². The third kappa shape index (κ3) is 5.61. The zero-order chi connectivity index (χ0) is 34.2. The average molecular weight is 681 g/mol. The second-order valence-corrected chi connectivity index (χ2v) is 16.4. The molecule has 0 aromatic rings. The van der Waals surface area contributed by atoms with E-state index in [0.717, 1.165) is 63.4 Å². The van der Waals surface area contributed by atoms with Crippen LogP contribution >= 0.6 is 0 Å². The van der Waals surface area contributed by atoms with Crippen LogP contribution in [0.3, 0.4) is 0 Å². The lowest BCUT2D eigenvalue weighted by Crippen LogP contribution is -2.62. The molecule has 4 saturated carbocycles. The molecule has 0 amide bonds. The second-order valence-electron chi connectivity index (χ2n) is 16.4. The summed E-state index contributed by atoms with van der Waals surface area (Å²) in [4.78, 5) is 11.9. The van der Waals surface area contributed by atoms with Gasteiger partial charge in [-0.2, -0.15) is 0 Å². The van der Waals surface area contributed by atoms with E-state index >= 15 is 0 Å². The minimum absolute atomic E-state index is 0.0388. The van der Waals surface area contributed by atoms with Crippen LogP contribution < -0.4 is 0 Å². The molecule has 3 aliphatic heterocycles. The molecule has 5 unspecified atom stereocenters. The number of ether oxygens (including phenoxy) is 6. The van der Waals surface area contributed by atoms with Gasteiger partial charge in [0.25, 0.3) is 0 Å². The largest absolute Gasteiger partial charge is 0.458 e. The molecule has 4 aliphatic carbocycles. The molecule has 2 saturated heterocycles. The summed E-state index contributed by atoms with van der Waals surface area (Å²) in [6.45, 7) is 6.40. The summed E-state index contributed by atoms with van der Waals surface area (Å²) < 4.78 is 35.6. The minimum Gasteiger partial charge on any atom is -0.458 e. The van der Waals surface area contributed by atoms with Crippen molar-refractivity contribution in [2.45, 2.75) is 152 Å². The highest BCUT2D eigenvalue weighted by atomic mass is 16.7. The highest BCUT2D eigenvalue weighted by Gasteiger charge is 2.67. The molecule has 7 rings (SSSR count). The van der Waals surface area contributed by atoms with Crippen molar-refractivity contribution in [3.8, 4) is 0 Å². The molecular formula is C36H56O12. The van der Waals surface area contributed by atoms with Crippen molar-refractivity contribution < 1.29 is 58.7 Å². The van der Waals surface area contributed by atoms with Crippen molar-refractivity contribution in [1.29, 1.82) is 0 Å². The molecule has 0 bridgehead atoms. The standard InChI is InChI=1S/C36H56O12/c1-18-32(48-33-31(41)30(40)29(39)26(16-37)47-33)25(43-4)15-28(45-18)46-21-7-10-34(2)20(14-21)5-6-24-23(34)8-11-35(3)22(9-12-36(24,35)42)19-13-27(38)44-17-19/h13,18,20-26,28-33,37,39-42H,5-12,14-17H2,1-4H3/t18-,20-,21+,22?,23?,24?,25-,26-,28+,29-,30+,31-,32+,33+,34?,35?,36+/m1/s1. The van der Waals surface area contributed by atoms with Crippen LogP contribution in [0.1, 0.15) is 85.0 Å². The van der Waals surface area contributed by atoms with Gasteiger partial charge in [0.1, 0.15) is 37.1 Å². The number of hydrogen-bond donors (Lipinski definition) is 5. The van der Waals surface area contributed by atoms with Gasteiger partial charge in [0.15, 0.2) is 12.6 Å². The third-order valence-electron chi connectivity index (χ3n) is 14.3. The molecule has 48 heavy (non-hydrogen) atoms. The summed E-state index contributed by atoms with van der Waals surface area (Å²) in [5, 5.41) is 52.9. The van der Waals surface area contributed by atoms with Crippen LogP contribution in [0.25, 0.3) is 0 Å². The minimum atomic E-state index is -1.53. The van der Waals surface area contributed by atoms with Crippen molar-refractivity contribution in [3.05, 3.63) is 11.6 Å². The molecule has 5 N–H and O–H groups in total. The Balaban J connectivity index is 0.971. The third-order valence-corrected chi connectivity index (χ3v) is 14.3. The summed E-state index contributed by atoms with van der Waals surface area (Å²) in [6.07, 6.45) is 1.91. The van der Waals surface area contributed by atoms with Crippen molar-refractivity contribution in [3.63, 3.8) is 0 Å². The molecule has 3 heterocycles. The lowest BCUT2D eigenvalue weighted by atomic mass is 9.43. The first-order chi connectivity index (χ1) is 22.8. The number of methoxy groups -OCH3 is 1. The van der Waals surface area contributed by atoms with E-state index in [2.05, 4.69) is 13.8 Å². The number of rotatable bonds is 7. The van der Waals surface area contributed by atoms with Crippen molar-refractivity contribution in [1.82, 2.24) is 0 Å². The number of carbonyl (C=O) groups is 1. The fourth-order valence-electron chi connectivity index (χ4n) is 11.6. The predicted octanol–water partition coefficient (Wildman–Crippen LogP) is 1.96. The molecule has 0 radical (unpaired) electrons. The molecular weight excluding hydrogens is 624 g/mol. The molecule has 7 aliphatic rings. The number of aliphatic hydroxyl groups is 5. The van der Waals surface area contributed by atoms with Crippen LogP contribution in [-0.2, 0) is 33.2 Å². The maximum absolute atomic E-state index is 12.5. The molecule has 0 aromatic carbocycles. The Kier molecular flexibility index (Phi) is 9.61. The van der Waals surface area contributed by atoms with Gasteiger partial charge in [-0.25, -0.2) is 4.79 Å². The maximum atomic E-state index is 12.5. The summed E-state index contributed by atoms with van der Waals surface area (Å²) >= 11 is 0. The van der Waals surface area contributed by atoms with E-state index in [1.54, 1.807) is 13.2 Å². The van der Waals surface area contributed by atoms with Gasteiger partial charge in [0, 0.05) is 25.0 Å². The number of carbonyl (C=O) groups excluding carboxylic acids is 1. The van der Waals surface area contributed by atoms with Gasteiger partial charge in [-0.1, -0.05) is 13.8 Å². The lowest BCUT2D eigenvalue weighted by molar-refractivity contribution is -0.345. The molecule has 12 heteroatoms. The average Bonchev–Trinajstić information content (AvgIpc) is 3.61. The van der Waals surface area contributed by atoms with E-state index in [1.807, 2.05) is 6.92 Å². The number of hydrogen-bond acceptors (Lipinski definition) is 12. The second kappa shape index (κ2) is 13.1. The van der Waals surface area contributed by atoms with Gasteiger partial charge in [0.05, 0.1) is 30.5 Å². The van der Waals surface area contributed by atoms with Crippen LogP contribution in [0.15, 0.2) is 11.6 Å². The highest BCUT2D eigenvalue weighted by Crippen LogP contribution is 2.70. The molecule has 0 spiro atoms. The lowest BCUT2D eigenvalue weighted by Gasteiger charge is -2.64. The van der Waals surface area contributed by atoms with Crippen LogP contribution in [-0.4, -0.2) is 119 Å². The maximum Gasteiger partial charge on any atom is 0.331 e. The number of esters is 1. The number of fused-ring (bicyclic) bond motifs is 5. The Labute approximate surface area is 283 Å². The fraction of sp³-hybridized carbons (Fsp3) is 0.917. The Morgan fingerprint density at radius 2 is 1.71 bits per heavy atom. The Morgan fingerprint density at radius 1 is 0.917 bits per heavy atom. The number of aliphatic hydroxyl groups excluding tert-OH is 4. The molecule has 17 atom stereocenters. The van der Waals surface area contributed by atoms with Gasteiger partial charge in [0.2, 0.25) is 0 Å². The normalized spacial score (nSPS) is 53.8. The van der Waals surface area contributed by atoms with Crippen LogP contribution in [0, 0.1) is 34.5 Å². The van der Waals surface area contributed by atoms with E-state index in [4.69, 9.17) is 28.4 Å². The summed E-state index contributed by atoms with van der Waals surface area (Å²) in [5.41, 5.74) is 0.221. The Hall–Kier alpha value is -1.19. The molecule has 0 aromatic heterocycles. The SMILES string of the molecule is CO[C@@H]1C[C@H](O[C@H]2CCC3(C)C4CCC5(C)C(C6=CC(=O)OC6)CC[C@]5(O)C4CC[C@@H]3C2)O[C@H](C)[C@@H]1O[C@@H]1O[C@H](CO)[C@@H](O)[C@H](O)[C@H]1O. The van der Waals surface area contributed by atoms with Gasteiger partial charge >= 0.3 is 5.97 Å². The summed E-state index contributed by atoms with van der Waals surface area (Å²) in [7, 11) is 1.58. The molecule has 12 nitrogen and oxygen atoms in total. The zero-order valence-corrected chi connectivity index (χ0v) is 28.7. The van der Waals surface area contributed by atoms with E-state index in [-0.39, 0.29) is 34.7 Å². The van der Waals surface area contributed by atoms with Crippen LogP contribution in [0.5, 0.6) is 0 Å². The summed E-state index contributed by atoms with van der Waals surface area (Å²) in [6, 6.07) is 0. The van der Waals surface area contributed by atoms with E-state index in [9.17, 15) is 30.3 Å². The van der Waals surface area contributed by atoms with Gasteiger partial charge < -0.3 is 54.0 Å². The van der Waals surface area contributed by atoms with E-state index in [1.165, 1.54) is 0 Å². The van der Waals surface area contributed by atoms with Gasteiger partial charge in [-0.05, 0) is 99.4 Å². The van der Waals surface area contributed by atoms with E-state index < -0.39 is 67.5 Å². The van der Waals surface area contributed by atoms with Crippen molar-refractivity contribution in [2.24, 2.45) is 34.5 Å².